The number of aromatic hydroxyl groups is 1. The van der Waals surface area contributed by atoms with Crippen LogP contribution in [0.2, 0.25) is 0 Å². The van der Waals surface area contributed by atoms with Crippen LogP contribution in [0.4, 0.5) is 0 Å². The van der Waals surface area contributed by atoms with Crippen molar-refractivity contribution >= 4 is 28.5 Å². The Kier molecular flexibility index (Phi) is 3.34. The zero-order chi connectivity index (χ0) is 11.7. The molecule has 2 N–H and O–H groups in total. The maximum Gasteiger partial charge on any atom is 0.257 e. The number of aliphatic hydroxyl groups excluding tert-OH is 1. The third-order valence-corrected chi connectivity index (χ3v) is 3.36. The number of likely N-dealkylation sites (tertiary alicyclic amines) is 1. The monoisotopic (exact) mass is 333 g/mol. The summed E-state index contributed by atoms with van der Waals surface area (Å²) in [4.78, 5) is 13.6. The second-order valence-electron chi connectivity index (χ2n) is 3.92. The van der Waals surface area contributed by atoms with Gasteiger partial charge in [-0.25, -0.2) is 0 Å². The van der Waals surface area contributed by atoms with Gasteiger partial charge in [0.25, 0.3) is 5.91 Å². The molecule has 1 aromatic rings. The van der Waals surface area contributed by atoms with Crippen LogP contribution in [-0.2, 0) is 0 Å². The molecule has 4 nitrogen and oxygen atoms in total. The van der Waals surface area contributed by atoms with Crippen LogP contribution in [0.25, 0.3) is 0 Å². The molecular formula is C11H12INO3. The lowest BCUT2D eigenvalue weighted by Crippen LogP contribution is -2.51. The fourth-order valence-electron chi connectivity index (χ4n) is 1.70. The van der Waals surface area contributed by atoms with E-state index in [1.807, 2.05) is 0 Å². The van der Waals surface area contributed by atoms with E-state index < -0.39 is 0 Å². The van der Waals surface area contributed by atoms with E-state index in [1.54, 1.807) is 17.0 Å². The summed E-state index contributed by atoms with van der Waals surface area (Å²) >= 11 is 2.10. The number of carbonyl (C=O) groups is 1. The van der Waals surface area contributed by atoms with Gasteiger partial charge >= 0.3 is 0 Å². The van der Waals surface area contributed by atoms with Crippen molar-refractivity contribution in [1.29, 1.82) is 0 Å². The van der Waals surface area contributed by atoms with Crippen molar-refractivity contribution in [2.45, 2.75) is 0 Å². The number of phenols is 1. The Labute approximate surface area is 107 Å². The molecule has 1 heterocycles. The van der Waals surface area contributed by atoms with Crippen molar-refractivity contribution in [2.24, 2.45) is 5.92 Å². The first kappa shape index (κ1) is 11.7. The minimum absolute atomic E-state index is 0.0119. The second-order valence-corrected chi connectivity index (χ2v) is 5.17. The molecule has 1 fully saturated rings. The first-order valence-electron chi connectivity index (χ1n) is 5.00. The number of aliphatic hydroxyl groups is 1. The number of carbonyl (C=O) groups excluding carboxylic acids is 1. The molecule has 5 heteroatoms. The number of halogens is 1. The van der Waals surface area contributed by atoms with Crippen molar-refractivity contribution in [3.05, 3.63) is 27.3 Å². The van der Waals surface area contributed by atoms with Crippen LogP contribution >= 0.6 is 22.6 Å². The average Bonchev–Trinajstić information content (AvgIpc) is 2.20. The van der Waals surface area contributed by atoms with Crippen molar-refractivity contribution < 1.29 is 15.0 Å². The quantitative estimate of drug-likeness (QED) is 0.796. The summed E-state index contributed by atoms with van der Waals surface area (Å²) < 4.78 is 0.915. The predicted octanol–water partition coefficient (Wildman–Crippen LogP) is 1.06. The highest BCUT2D eigenvalue weighted by Crippen LogP contribution is 2.24. The van der Waals surface area contributed by atoms with E-state index in [0.29, 0.717) is 18.7 Å². The highest BCUT2D eigenvalue weighted by atomic mass is 127. The molecule has 1 aliphatic heterocycles. The van der Waals surface area contributed by atoms with Crippen LogP contribution in [0, 0.1) is 9.49 Å². The lowest BCUT2D eigenvalue weighted by molar-refractivity contribution is 0.0359. The predicted molar refractivity (Wildman–Crippen MR) is 67.3 cm³/mol. The normalized spacial score (nSPS) is 16.0. The Morgan fingerprint density at radius 2 is 2.19 bits per heavy atom. The van der Waals surface area contributed by atoms with Gasteiger partial charge < -0.3 is 15.1 Å². The van der Waals surface area contributed by atoms with Crippen LogP contribution in [0.5, 0.6) is 5.75 Å². The summed E-state index contributed by atoms with van der Waals surface area (Å²) in [6.45, 7) is 1.25. The van der Waals surface area contributed by atoms with Gasteiger partial charge in [0.05, 0.1) is 5.56 Å². The summed E-state index contributed by atoms with van der Waals surface area (Å²) in [5.74, 6) is 0.0347. The van der Waals surface area contributed by atoms with Crippen LogP contribution in [0.15, 0.2) is 18.2 Å². The Balaban J connectivity index is 2.13. The number of rotatable bonds is 2. The topological polar surface area (TPSA) is 60.8 Å². The molecule has 1 saturated heterocycles. The molecule has 1 amide bonds. The molecule has 0 saturated carbocycles. The molecule has 2 rings (SSSR count). The Morgan fingerprint density at radius 1 is 1.50 bits per heavy atom. The second kappa shape index (κ2) is 4.58. The summed E-state index contributed by atoms with van der Waals surface area (Å²) in [5.41, 5.74) is 0.336. The van der Waals surface area contributed by atoms with E-state index in [9.17, 15) is 9.90 Å². The maximum atomic E-state index is 11.9. The number of phenolic OH excluding ortho intramolecular Hbond substituents is 1. The Morgan fingerprint density at radius 3 is 2.81 bits per heavy atom. The van der Waals surface area contributed by atoms with Crippen LogP contribution in [0.3, 0.4) is 0 Å². The standard InChI is InChI=1S/C11H12INO3/c12-8-1-2-10(15)9(3-8)11(16)13-4-7(5-13)6-14/h1-3,7,14-15H,4-6H2. The molecule has 0 bridgehead atoms. The fourth-order valence-corrected chi connectivity index (χ4v) is 2.19. The van der Waals surface area contributed by atoms with Crippen LogP contribution in [0.1, 0.15) is 10.4 Å². The molecule has 1 aliphatic rings. The van der Waals surface area contributed by atoms with Gasteiger partial charge in [0.15, 0.2) is 0 Å². The Hall–Kier alpha value is -0.820. The molecule has 0 unspecified atom stereocenters. The molecule has 0 spiro atoms. The van der Waals surface area contributed by atoms with Gasteiger partial charge in [-0.15, -0.1) is 0 Å². The first-order valence-corrected chi connectivity index (χ1v) is 6.08. The van der Waals surface area contributed by atoms with Gasteiger partial charge in [-0.3, -0.25) is 4.79 Å². The lowest BCUT2D eigenvalue weighted by Gasteiger charge is -2.38. The highest BCUT2D eigenvalue weighted by Gasteiger charge is 2.31. The smallest absolute Gasteiger partial charge is 0.257 e. The Bertz CT molecular complexity index is 416. The van der Waals surface area contributed by atoms with Crippen molar-refractivity contribution in [1.82, 2.24) is 4.90 Å². The van der Waals surface area contributed by atoms with E-state index in [1.165, 1.54) is 6.07 Å². The van der Waals surface area contributed by atoms with Gasteiger partial charge in [-0.2, -0.15) is 0 Å². The molecule has 86 valence electrons. The third-order valence-electron chi connectivity index (χ3n) is 2.69. The van der Waals surface area contributed by atoms with Gasteiger partial charge in [0.2, 0.25) is 0 Å². The molecule has 0 aliphatic carbocycles. The lowest BCUT2D eigenvalue weighted by atomic mass is 10.00. The molecule has 16 heavy (non-hydrogen) atoms. The minimum Gasteiger partial charge on any atom is -0.507 e. The zero-order valence-electron chi connectivity index (χ0n) is 8.56. The SMILES string of the molecule is O=C(c1cc(I)ccc1O)N1CC(CO)C1. The van der Waals surface area contributed by atoms with E-state index in [-0.39, 0.29) is 24.2 Å². The zero-order valence-corrected chi connectivity index (χ0v) is 10.7. The fraction of sp³-hybridized carbons (Fsp3) is 0.364. The van der Waals surface area contributed by atoms with E-state index >= 15 is 0 Å². The highest BCUT2D eigenvalue weighted by molar-refractivity contribution is 14.1. The maximum absolute atomic E-state index is 11.9. The van der Waals surface area contributed by atoms with E-state index in [4.69, 9.17) is 5.11 Å². The number of nitrogens with zero attached hydrogens (tertiary/aromatic N) is 1. The van der Waals surface area contributed by atoms with Gasteiger partial charge in [-0.05, 0) is 40.8 Å². The largest absolute Gasteiger partial charge is 0.507 e. The molecule has 0 aromatic heterocycles. The number of hydrogen-bond acceptors (Lipinski definition) is 3. The van der Waals surface area contributed by atoms with Crippen LogP contribution in [-0.4, -0.2) is 40.7 Å². The third kappa shape index (κ3) is 2.15. The molecule has 0 atom stereocenters. The first-order chi connectivity index (χ1) is 7.61. The van der Waals surface area contributed by atoms with Gasteiger partial charge in [0.1, 0.15) is 5.75 Å². The average molecular weight is 333 g/mol. The van der Waals surface area contributed by atoms with E-state index in [0.717, 1.165) is 3.57 Å². The van der Waals surface area contributed by atoms with Crippen molar-refractivity contribution in [2.75, 3.05) is 19.7 Å². The summed E-state index contributed by atoms with van der Waals surface area (Å²) in [5, 5.41) is 18.5. The molecule has 1 aromatic carbocycles. The summed E-state index contributed by atoms with van der Waals surface area (Å²) in [7, 11) is 0. The summed E-state index contributed by atoms with van der Waals surface area (Å²) in [6.07, 6.45) is 0. The van der Waals surface area contributed by atoms with Gasteiger partial charge in [0, 0.05) is 29.2 Å². The van der Waals surface area contributed by atoms with Gasteiger partial charge in [-0.1, -0.05) is 0 Å². The van der Waals surface area contributed by atoms with E-state index in [2.05, 4.69) is 22.6 Å². The minimum atomic E-state index is -0.166. The summed E-state index contributed by atoms with van der Waals surface area (Å²) in [6, 6.07) is 4.95. The van der Waals surface area contributed by atoms with Crippen LogP contribution < -0.4 is 0 Å². The molecule has 0 radical (unpaired) electrons. The number of amides is 1. The number of benzene rings is 1. The van der Waals surface area contributed by atoms with Crippen molar-refractivity contribution in [3.63, 3.8) is 0 Å². The number of hydrogen-bond donors (Lipinski definition) is 2. The molecular weight excluding hydrogens is 321 g/mol. The van der Waals surface area contributed by atoms with Crippen molar-refractivity contribution in [3.8, 4) is 5.75 Å².